The third-order valence-electron chi connectivity index (χ3n) is 4.00. The molecule has 21 heavy (non-hydrogen) atoms. The van der Waals surface area contributed by atoms with Gasteiger partial charge in [0.25, 0.3) is 0 Å². The highest BCUT2D eigenvalue weighted by Crippen LogP contribution is 2.25. The summed E-state index contributed by atoms with van der Waals surface area (Å²) >= 11 is 0. The molecule has 4 heteroatoms. The monoisotopic (exact) mass is 281 g/mol. The summed E-state index contributed by atoms with van der Waals surface area (Å²) in [5, 5.41) is 3.53. The van der Waals surface area contributed by atoms with E-state index in [9.17, 15) is 4.79 Å². The number of hydrogen-bond acceptors (Lipinski definition) is 3. The lowest BCUT2D eigenvalue weighted by atomic mass is 9.87. The highest BCUT2D eigenvalue weighted by atomic mass is 16.1. The van der Waals surface area contributed by atoms with Crippen molar-refractivity contribution in [2.45, 2.75) is 25.3 Å². The summed E-state index contributed by atoms with van der Waals surface area (Å²) < 4.78 is 0. The average Bonchev–Trinajstić information content (AvgIpc) is 2.49. The minimum atomic E-state index is -0.369. The van der Waals surface area contributed by atoms with E-state index >= 15 is 0 Å². The summed E-state index contributed by atoms with van der Waals surface area (Å²) in [6, 6.07) is 13.9. The SMILES string of the molecule is NC(=O)c1ccc2c(c1)CC(Nc1ccc(N)cc1)CC2. The second-order valence-corrected chi connectivity index (χ2v) is 5.55. The Kier molecular flexibility index (Phi) is 3.52. The Morgan fingerprint density at radius 2 is 1.86 bits per heavy atom. The van der Waals surface area contributed by atoms with Crippen molar-refractivity contribution in [3.05, 3.63) is 59.2 Å². The van der Waals surface area contributed by atoms with Crippen LogP contribution in [0, 0.1) is 0 Å². The normalized spacial score (nSPS) is 17.0. The number of nitrogens with two attached hydrogens (primary N) is 2. The van der Waals surface area contributed by atoms with Gasteiger partial charge < -0.3 is 16.8 Å². The lowest BCUT2D eigenvalue weighted by molar-refractivity contribution is 0.1000. The Morgan fingerprint density at radius 1 is 1.10 bits per heavy atom. The third-order valence-corrected chi connectivity index (χ3v) is 4.00. The number of benzene rings is 2. The maximum atomic E-state index is 11.3. The van der Waals surface area contributed by atoms with Gasteiger partial charge in [-0.05, 0) is 66.8 Å². The highest BCUT2D eigenvalue weighted by Gasteiger charge is 2.19. The van der Waals surface area contributed by atoms with Crippen molar-refractivity contribution in [3.63, 3.8) is 0 Å². The van der Waals surface area contributed by atoms with Crippen LogP contribution < -0.4 is 16.8 Å². The van der Waals surface area contributed by atoms with Gasteiger partial charge in [0.15, 0.2) is 0 Å². The number of carbonyl (C=O) groups is 1. The minimum Gasteiger partial charge on any atom is -0.399 e. The zero-order valence-electron chi connectivity index (χ0n) is 11.8. The molecule has 2 aromatic carbocycles. The largest absolute Gasteiger partial charge is 0.399 e. The summed E-state index contributed by atoms with van der Waals surface area (Å²) in [5.74, 6) is -0.369. The molecule has 1 aliphatic carbocycles. The van der Waals surface area contributed by atoms with Gasteiger partial charge in [-0.25, -0.2) is 0 Å². The van der Waals surface area contributed by atoms with Gasteiger partial charge in [-0.3, -0.25) is 4.79 Å². The molecule has 0 bridgehead atoms. The molecule has 0 saturated heterocycles. The van der Waals surface area contributed by atoms with Crippen LogP contribution in [0.25, 0.3) is 0 Å². The lowest BCUT2D eigenvalue weighted by Gasteiger charge is -2.26. The molecule has 0 aliphatic heterocycles. The Bertz CT molecular complexity index is 664. The lowest BCUT2D eigenvalue weighted by Crippen LogP contribution is -2.27. The minimum absolute atomic E-state index is 0.365. The van der Waals surface area contributed by atoms with Crippen molar-refractivity contribution < 1.29 is 4.79 Å². The molecule has 0 radical (unpaired) electrons. The van der Waals surface area contributed by atoms with Gasteiger partial charge in [-0.2, -0.15) is 0 Å². The Hall–Kier alpha value is -2.49. The van der Waals surface area contributed by atoms with Gasteiger partial charge in [0.1, 0.15) is 0 Å². The van der Waals surface area contributed by atoms with E-state index in [1.54, 1.807) is 0 Å². The van der Waals surface area contributed by atoms with Crippen LogP contribution in [0.2, 0.25) is 0 Å². The Labute approximate surface area is 124 Å². The third kappa shape index (κ3) is 2.99. The van der Waals surface area contributed by atoms with Crippen molar-refractivity contribution in [3.8, 4) is 0 Å². The number of aryl methyl sites for hydroxylation is 1. The first kappa shape index (κ1) is 13.5. The van der Waals surface area contributed by atoms with E-state index in [1.807, 2.05) is 42.5 Å². The molecule has 0 fully saturated rings. The molecule has 1 atom stereocenters. The number of anilines is 2. The summed E-state index contributed by atoms with van der Waals surface area (Å²) in [6.45, 7) is 0. The molecule has 5 N–H and O–H groups in total. The maximum Gasteiger partial charge on any atom is 0.248 e. The molecule has 3 rings (SSSR count). The van der Waals surface area contributed by atoms with Gasteiger partial charge in [-0.1, -0.05) is 6.07 Å². The van der Waals surface area contributed by atoms with Gasteiger partial charge >= 0.3 is 0 Å². The molecule has 1 amide bonds. The Morgan fingerprint density at radius 3 is 2.57 bits per heavy atom. The van der Waals surface area contributed by atoms with Crippen LogP contribution in [0.5, 0.6) is 0 Å². The number of fused-ring (bicyclic) bond motifs is 1. The van der Waals surface area contributed by atoms with Crippen molar-refractivity contribution in [2.75, 3.05) is 11.1 Å². The van der Waals surface area contributed by atoms with Gasteiger partial charge in [0.05, 0.1) is 0 Å². The molecule has 0 heterocycles. The first-order valence-corrected chi connectivity index (χ1v) is 7.15. The fraction of sp³-hybridized carbons (Fsp3) is 0.235. The first-order chi connectivity index (χ1) is 10.1. The Balaban J connectivity index is 1.75. The molecule has 0 saturated carbocycles. The molecule has 2 aromatic rings. The zero-order chi connectivity index (χ0) is 14.8. The van der Waals surface area contributed by atoms with E-state index in [0.717, 1.165) is 30.6 Å². The fourth-order valence-electron chi connectivity index (χ4n) is 2.85. The second-order valence-electron chi connectivity index (χ2n) is 5.55. The van der Waals surface area contributed by atoms with Crippen LogP contribution in [0.3, 0.4) is 0 Å². The predicted octanol–water partition coefficient (Wildman–Crippen LogP) is 2.34. The molecule has 1 aliphatic rings. The van der Waals surface area contributed by atoms with E-state index in [1.165, 1.54) is 11.1 Å². The van der Waals surface area contributed by atoms with Crippen LogP contribution in [-0.4, -0.2) is 11.9 Å². The van der Waals surface area contributed by atoms with Crippen LogP contribution in [-0.2, 0) is 12.8 Å². The number of primary amides is 1. The van der Waals surface area contributed by atoms with Crippen molar-refractivity contribution in [1.29, 1.82) is 0 Å². The van der Waals surface area contributed by atoms with Crippen LogP contribution in [0.15, 0.2) is 42.5 Å². The molecule has 0 spiro atoms. The first-order valence-electron chi connectivity index (χ1n) is 7.15. The highest BCUT2D eigenvalue weighted by molar-refractivity contribution is 5.93. The molecule has 0 aromatic heterocycles. The predicted molar refractivity (Wildman–Crippen MR) is 85.3 cm³/mol. The number of carbonyl (C=O) groups excluding carboxylic acids is 1. The van der Waals surface area contributed by atoms with Crippen molar-refractivity contribution >= 4 is 17.3 Å². The van der Waals surface area contributed by atoms with E-state index in [-0.39, 0.29) is 5.91 Å². The number of nitrogen functional groups attached to an aromatic ring is 1. The van der Waals surface area contributed by atoms with Crippen LogP contribution in [0.4, 0.5) is 11.4 Å². The standard InChI is InChI=1S/C17H19N3O/c18-14-4-7-15(8-5-14)20-16-6-3-11-1-2-12(17(19)21)9-13(11)10-16/h1-2,4-5,7-9,16,20H,3,6,10,18H2,(H2,19,21). The molecular formula is C17H19N3O. The number of nitrogens with one attached hydrogen (secondary N) is 1. The molecule has 4 nitrogen and oxygen atoms in total. The smallest absolute Gasteiger partial charge is 0.248 e. The van der Waals surface area contributed by atoms with E-state index in [0.29, 0.717) is 11.6 Å². The van der Waals surface area contributed by atoms with E-state index in [2.05, 4.69) is 5.32 Å². The van der Waals surface area contributed by atoms with Crippen LogP contribution in [0.1, 0.15) is 27.9 Å². The van der Waals surface area contributed by atoms with E-state index < -0.39 is 0 Å². The molecule has 108 valence electrons. The topological polar surface area (TPSA) is 81.1 Å². The zero-order valence-corrected chi connectivity index (χ0v) is 11.8. The number of amides is 1. The van der Waals surface area contributed by atoms with Gasteiger partial charge in [-0.15, -0.1) is 0 Å². The summed E-state index contributed by atoms with van der Waals surface area (Å²) in [4.78, 5) is 11.3. The molecule has 1 unspecified atom stereocenters. The number of hydrogen-bond donors (Lipinski definition) is 3. The van der Waals surface area contributed by atoms with Gasteiger partial charge in [0, 0.05) is 23.0 Å². The summed E-state index contributed by atoms with van der Waals surface area (Å²) in [7, 11) is 0. The van der Waals surface area contributed by atoms with Crippen molar-refractivity contribution in [2.24, 2.45) is 5.73 Å². The molecular weight excluding hydrogens is 262 g/mol. The van der Waals surface area contributed by atoms with Gasteiger partial charge in [0.2, 0.25) is 5.91 Å². The second kappa shape index (κ2) is 5.48. The summed E-state index contributed by atoms with van der Waals surface area (Å²) in [5.41, 5.74) is 16.0. The van der Waals surface area contributed by atoms with Crippen molar-refractivity contribution in [1.82, 2.24) is 0 Å². The quantitative estimate of drug-likeness (QED) is 0.755. The average molecular weight is 281 g/mol. The number of rotatable bonds is 3. The van der Waals surface area contributed by atoms with E-state index in [4.69, 9.17) is 11.5 Å². The summed E-state index contributed by atoms with van der Waals surface area (Å²) in [6.07, 6.45) is 3.00. The maximum absolute atomic E-state index is 11.3. The van der Waals surface area contributed by atoms with Crippen LogP contribution >= 0.6 is 0 Å². The fourth-order valence-corrected chi connectivity index (χ4v) is 2.85.